The molecule has 3 aliphatic heterocycles. The lowest BCUT2D eigenvalue weighted by atomic mass is 9.95. The van der Waals surface area contributed by atoms with Gasteiger partial charge in [0, 0.05) is 31.9 Å². The fourth-order valence-corrected chi connectivity index (χ4v) is 4.29. The first kappa shape index (κ1) is 16.3. The summed E-state index contributed by atoms with van der Waals surface area (Å²) in [6.07, 6.45) is 6.33. The average Bonchev–Trinajstić information content (AvgIpc) is 3.04. The molecule has 4 heterocycles. The van der Waals surface area contributed by atoms with Crippen LogP contribution in [-0.2, 0) is 6.42 Å². The number of H-pyrrole nitrogens is 1. The molecule has 0 saturated carbocycles. The fraction of sp³-hybridized carbons (Fsp3) is 0.500. The number of carbonyl (C=O) groups excluding carboxylic acids is 1. The molecule has 132 valence electrons. The molecular formula is C20H26N4O. The standard InChI is InChI=1S/C20H26N4O/c25-20(19-10-11-21-22-19)24-14-17-8-9-18(24)15-23(13-17)12-4-7-16-5-2-1-3-6-16/h1-3,5-6,10-11,17-18H,4,7-9,12-15H2,(H,21,22)/t17-,18+/m0/s1. The van der Waals surface area contributed by atoms with Crippen molar-refractivity contribution in [1.82, 2.24) is 20.0 Å². The Morgan fingerprint density at radius 2 is 2.00 bits per heavy atom. The molecule has 0 spiro atoms. The summed E-state index contributed by atoms with van der Waals surface area (Å²) in [5.41, 5.74) is 2.03. The lowest BCUT2D eigenvalue weighted by molar-refractivity contribution is 0.0579. The van der Waals surface area contributed by atoms with Gasteiger partial charge in [0.2, 0.25) is 0 Å². The van der Waals surface area contributed by atoms with Crippen molar-refractivity contribution in [3.8, 4) is 0 Å². The van der Waals surface area contributed by atoms with Gasteiger partial charge in [-0.2, -0.15) is 5.10 Å². The van der Waals surface area contributed by atoms with Crippen LogP contribution in [0.3, 0.4) is 0 Å². The Bertz CT molecular complexity index is 685. The molecule has 1 aromatic carbocycles. The number of carbonyl (C=O) groups is 1. The van der Waals surface area contributed by atoms with Crippen molar-refractivity contribution in [2.45, 2.75) is 31.7 Å². The van der Waals surface area contributed by atoms with Crippen molar-refractivity contribution in [3.63, 3.8) is 0 Å². The fourth-order valence-electron chi connectivity index (χ4n) is 4.29. The van der Waals surface area contributed by atoms with Crippen molar-refractivity contribution >= 4 is 5.91 Å². The highest BCUT2D eigenvalue weighted by Gasteiger charge is 2.37. The molecule has 3 fully saturated rings. The van der Waals surface area contributed by atoms with Crippen molar-refractivity contribution < 1.29 is 4.79 Å². The highest BCUT2D eigenvalue weighted by Crippen LogP contribution is 2.29. The summed E-state index contributed by atoms with van der Waals surface area (Å²) in [4.78, 5) is 17.4. The third-order valence-electron chi connectivity index (χ3n) is 5.56. The Balaban J connectivity index is 1.35. The number of nitrogens with one attached hydrogen (secondary N) is 1. The van der Waals surface area contributed by atoms with Crippen LogP contribution in [0.25, 0.3) is 0 Å². The summed E-state index contributed by atoms with van der Waals surface area (Å²) in [5.74, 6) is 0.709. The molecule has 5 nitrogen and oxygen atoms in total. The lowest BCUT2D eigenvalue weighted by Gasteiger charge is -2.35. The minimum Gasteiger partial charge on any atom is -0.333 e. The number of aromatic nitrogens is 2. The van der Waals surface area contributed by atoms with Crippen molar-refractivity contribution in [2.75, 3.05) is 26.2 Å². The molecular weight excluding hydrogens is 312 g/mol. The first-order valence-corrected chi connectivity index (χ1v) is 9.36. The molecule has 3 aliphatic rings. The Morgan fingerprint density at radius 3 is 2.80 bits per heavy atom. The first-order valence-electron chi connectivity index (χ1n) is 9.36. The smallest absolute Gasteiger partial charge is 0.272 e. The first-order chi connectivity index (χ1) is 12.3. The molecule has 2 bridgehead atoms. The number of aromatic amines is 1. The van der Waals surface area contributed by atoms with Gasteiger partial charge in [-0.1, -0.05) is 30.3 Å². The van der Waals surface area contributed by atoms with E-state index in [9.17, 15) is 4.79 Å². The lowest BCUT2D eigenvalue weighted by Crippen LogP contribution is -2.47. The quantitative estimate of drug-likeness (QED) is 0.912. The Kier molecular flexibility index (Phi) is 4.83. The van der Waals surface area contributed by atoms with Crippen LogP contribution in [0.1, 0.15) is 35.3 Å². The maximum Gasteiger partial charge on any atom is 0.272 e. The Hall–Kier alpha value is -2.14. The molecule has 0 radical (unpaired) electrons. The van der Waals surface area contributed by atoms with E-state index in [-0.39, 0.29) is 5.91 Å². The zero-order valence-electron chi connectivity index (χ0n) is 14.6. The van der Waals surface area contributed by atoms with Gasteiger partial charge in [0.1, 0.15) is 5.69 Å². The number of benzene rings is 1. The minimum atomic E-state index is 0.110. The number of amides is 1. The average molecular weight is 338 g/mol. The van der Waals surface area contributed by atoms with Gasteiger partial charge in [0.25, 0.3) is 5.91 Å². The van der Waals surface area contributed by atoms with E-state index in [1.807, 2.05) is 0 Å². The van der Waals surface area contributed by atoms with Crippen LogP contribution >= 0.6 is 0 Å². The van der Waals surface area contributed by atoms with Gasteiger partial charge >= 0.3 is 0 Å². The number of hydrogen-bond donors (Lipinski definition) is 1. The molecule has 25 heavy (non-hydrogen) atoms. The van der Waals surface area contributed by atoms with E-state index >= 15 is 0 Å². The van der Waals surface area contributed by atoms with E-state index in [2.05, 4.69) is 50.3 Å². The maximum absolute atomic E-state index is 12.7. The molecule has 5 heteroatoms. The summed E-state index contributed by atoms with van der Waals surface area (Å²) in [6, 6.07) is 12.8. The third kappa shape index (κ3) is 3.76. The second kappa shape index (κ2) is 7.40. The number of fused-ring (bicyclic) bond motifs is 4. The second-order valence-corrected chi connectivity index (χ2v) is 7.37. The molecule has 0 unspecified atom stereocenters. The summed E-state index contributed by atoms with van der Waals surface area (Å²) in [7, 11) is 0. The topological polar surface area (TPSA) is 52.2 Å². The van der Waals surface area contributed by atoms with Crippen LogP contribution in [-0.4, -0.2) is 58.1 Å². The molecule has 2 aromatic rings. The van der Waals surface area contributed by atoms with Crippen molar-refractivity contribution in [2.24, 2.45) is 5.92 Å². The Morgan fingerprint density at radius 1 is 1.12 bits per heavy atom. The van der Waals surface area contributed by atoms with Gasteiger partial charge in [-0.15, -0.1) is 0 Å². The molecule has 1 amide bonds. The third-order valence-corrected chi connectivity index (χ3v) is 5.56. The number of hydrogen-bond acceptors (Lipinski definition) is 3. The van der Waals surface area contributed by atoms with Gasteiger partial charge < -0.3 is 9.80 Å². The molecule has 3 saturated heterocycles. The highest BCUT2D eigenvalue weighted by atomic mass is 16.2. The van der Waals surface area contributed by atoms with E-state index in [0.29, 0.717) is 17.7 Å². The number of rotatable bonds is 5. The zero-order chi connectivity index (χ0) is 17.1. The second-order valence-electron chi connectivity index (χ2n) is 7.37. The van der Waals surface area contributed by atoms with Gasteiger partial charge in [0.05, 0.1) is 0 Å². The van der Waals surface area contributed by atoms with E-state index in [1.54, 1.807) is 12.3 Å². The molecule has 0 aliphatic carbocycles. The van der Waals surface area contributed by atoms with Gasteiger partial charge in [-0.05, 0) is 49.8 Å². The predicted molar refractivity (Wildman–Crippen MR) is 97.3 cm³/mol. The molecule has 5 rings (SSSR count). The van der Waals surface area contributed by atoms with Crippen LogP contribution in [0.15, 0.2) is 42.6 Å². The van der Waals surface area contributed by atoms with Crippen molar-refractivity contribution in [1.29, 1.82) is 0 Å². The van der Waals surface area contributed by atoms with Crippen LogP contribution < -0.4 is 0 Å². The van der Waals surface area contributed by atoms with Gasteiger partial charge in [-0.3, -0.25) is 9.89 Å². The largest absolute Gasteiger partial charge is 0.333 e. The number of nitrogens with zero attached hydrogens (tertiary/aromatic N) is 3. The van der Waals surface area contributed by atoms with E-state index < -0.39 is 0 Å². The van der Waals surface area contributed by atoms with Crippen molar-refractivity contribution in [3.05, 3.63) is 53.9 Å². The predicted octanol–water partition coefficient (Wildman–Crippen LogP) is 2.58. The molecule has 2 atom stereocenters. The zero-order valence-corrected chi connectivity index (χ0v) is 14.6. The summed E-state index contributed by atoms with van der Waals surface area (Å²) >= 11 is 0. The minimum absolute atomic E-state index is 0.110. The maximum atomic E-state index is 12.7. The SMILES string of the molecule is O=C(c1ccn[nH]1)N1C[C@H]2CC[C@@H]1CN(CCCc1ccccc1)C2. The Labute approximate surface area is 149 Å². The van der Waals surface area contributed by atoms with Gasteiger partial charge in [0.15, 0.2) is 0 Å². The number of aryl methyl sites for hydroxylation is 1. The van der Waals surface area contributed by atoms with Gasteiger partial charge in [-0.25, -0.2) is 0 Å². The summed E-state index contributed by atoms with van der Waals surface area (Å²) in [6.45, 7) is 4.13. The monoisotopic (exact) mass is 338 g/mol. The summed E-state index contributed by atoms with van der Waals surface area (Å²) in [5, 5.41) is 6.75. The van der Waals surface area contributed by atoms with E-state index in [0.717, 1.165) is 39.0 Å². The van der Waals surface area contributed by atoms with Crippen LogP contribution in [0.4, 0.5) is 0 Å². The summed E-state index contributed by atoms with van der Waals surface area (Å²) < 4.78 is 0. The van der Waals surface area contributed by atoms with Crippen LogP contribution in [0.2, 0.25) is 0 Å². The van der Waals surface area contributed by atoms with Crippen LogP contribution in [0.5, 0.6) is 0 Å². The molecule has 1 N–H and O–H groups in total. The van der Waals surface area contributed by atoms with E-state index in [1.165, 1.54) is 18.4 Å². The highest BCUT2D eigenvalue weighted by molar-refractivity contribution is 5.92. The number of piperidine rings is 1. The molecule has 1 aromatic heterocycles. The normalized spacial score (nSPS) is 23.6. The van der Waals surface area contributed by atoms with E-state index in [4.69, 9.17) is 0 Å². The van der Waals surface area contributed by atoms with Crippen LogP contribution in [0, 0.1) is 5.92 Å².